The largest absolute Gasteiger partial charge is 0.459 e. The summed E-state index contributed by atoms with van der Waals surface area (Å²) in [7, 11) is 0. The van der Waals surface area contributed by atoms with E-state index in [1.807, 2.05) is 54.6 Å². The molecule has 0 fully saturated rings. The standard InChI is InChI=1S/C20H15N3O3S2/c24-18(13-27-20-23-22-19(26-20)16-10-6-12-25-16)21-15-9-4-5-11-17(15)28-14-7-2-1-3-8-14/h1-12H,13H2,(H,21,24). The second-order valence-electron chi connectivity index (χ2n) is 5.60. The number of carbonyl (C=O) groups excluding carboxylic acids is 1. The lowest BCUT2D eigenvalue weighted by Gasteiger charge is -2.10. The van der Waals surface area contributed by atoms with Crippen LogP contribution in [0.25, 0.3) is 11.7 Å². The lowest BCUT2D eigenvalue weighted by Crippen LogP contribution is -2.14. The first-order chi connectivity index (χ1) is 13.8. The molecule has 0 unspecified atom stereocenters. The molecule has 0 radical (unpaired) electrons. The summed E-state index contributed by atoms with van der Waals surface area (Å²) in [5.74, 6) is 0.793. The topological polar surface area (TPSA) is 81.2 Å². The number of furan rings is 1. The summed E-state index contributed by atoms with van der Waals surface area (Å²) in [5.41, 5.74) is 0.767. The van der Waals surface area contributed by atoms with Crippen LogP contribution in [-0.2, 0) is 4.79 Å². The molecule has 2 heterocycles. The van der Waals surface area contributed by atoms with Gasteiger partial charge < -0.3 is 14.2 Å². The van der Waals surface area contributed by atoms with Gasteiger partial charge in [-0.3, -0.25) is 4.79 Å². The minimum absolute atomic E-state index is 0.149. The molecule has 0 aliphatic carbocycles. The first kappa shape index (κ1) is 18.4. The molecule has 0 bridgehead atoms. The SMILES string of the molecule is O=C(CSc1nnc(-c2ccco2)o1)Nc1ccccc1Sc1ccccc1. The molecule has 0 aliphatic heterocycles. The zero-order valence-corrected chi connectivity index (χ0v) is 16.2. The number of benzene rings is 2. The van der Waals surface area contributed by atoms with E-state index in [1.54, 1.807) is 23.9 Å². The summed E-state index contributed by atoms with van der Waals surface area (Å²) in [4.78, 5) is 14.5. The van der Waals surface area contributed by atoms with Gasteiger partial charge in [-0.25, -0.2) is 0 Å². The van der Waals surface area contributed by atoms with Crippen molar-refractivity contribution in [3.8, 4) is 11.7 Å². The van der Waals surface area contributed by atoms with E-state index in [-0.39, 0.29) is 17.6 Å². The summed E-state index contributed by atoms with van der Waals surface area (Å²) in [5, 5.41) is 11.1. The maximum atomic E-state index is 12.4. The third-order valence-corrected chi connectivity index (χ3v) is 5.50. The molecule has 8 heteroatoms. The number of nitrogens with one attached hydrogen (secondary N) is 1. The van der Waals surface area contributed by atoms with Crippen LogP contribution in [0, 0.1) is 0 Å². The maximum absolute atomic E-state index is 12.4. The summed E-state index contributed by atoms with van der Waals surface area (Å²) in [6.07, 6.45) is 1.53. The molecule has 1 N–H and O–H groups in total. The number of thioether (sulfide) groups is 1. The van der Waals surface area contributed by atoms with Gasteiger partial charge in [0.05, 0.1) is 17.7 Å². The number of hydrogen-bond acceptors (Lipinski definition) is 7. The molecule has 2 aromatic carbocycles. The highest BCUT2D eigenvalue weighted by atomic mass is 32.2. The van der Waals surface area contributed by atoms with E-state index in [0.717, 1.165) is 15.5 Å². The fourth-order valence-corrected chi connectivity index (χ4v) is 3.84. The number of para-hydroxylation sites is 1. The third-order valence-electron chi connectivity index (χ3n) is 3.60. The van der Waals surface area contributed by atoms with E-state index in [2.05, 4.69) is 15.5 Å². The predicted molar refractivity (Wildman–Crippen MR) is 108 cm³/mol. The third kappa shape index (κ3) is 4.65. The minimum Gasteiger partial charge on any atom is -0.459 e. The first-order valence-electron chi connectivity index (χ1n) is 8.40. The van der Waals surface area contributed by atoms with Crippen LogP contribution >= 0.6 is 23.5 Å². The van der Waals surface area contributed by atoms with Crippen molar-refractivity contribution in [1.29, 1.82) is 0 Å². The van der Waals surface area contributed by atoms with Crippen LogP contribution in [0.5, 0.6) is 0 Å². The maximum Gasteiger partial charge on any atom is 0.284 e. The Kier molecular flexibility index (Phi) is 5.79. The number of anilines is 1. The van der Waals surface area contributed by atoms with E-state index in [4.69, 9.17) is 8.83 Å². The minimum atomic E-state index is -0.149. The predicted octanol–water partition coefficient (Wildman–Crippen LogP) is 5.21. The Morgan fingerprint density at radius 3 is 2.61 bits per heavy atom. The number of hydrogen-bond donors (Lipinski definition) is 1. The number of amides is 1. The Morgan fingerprint density at radius 1 is 0.964 bits per heavy atom. The van der Waals surface area contributed by atoms with Gasteiger partial charge in [-0.05, 0) is 36.4 Å². The van der Waals surface area contributed by atoms with Crippen LogP contribution < -0.4 is 5.32 Å². The van der Waals surface area contributed by atoms with Crippen LogP contribution in [0.2, 0.25) is 0 Å². The molecular formula is C20H15N3O3S2. The molecule has 0 saturated carbocycles. The van der Waals surface area contributed by atoms with E-state index >= 15 is 0 Å². The molecule has 0 saturated heterocycles. The van der Waals surface area contributed by atoms with Gasteiger partial charge in [0.15, 0.2) is 5.76 Å². The van der Waals surface area contributed by atoms with Crippen LogP contribution in [0.15, 0.2) is 96.8 Å². The quantitative estimate of drug-likeness (QED) is 0.420. The Morgan fingerprint density at radius 2 is 1.79 bits per heavy atom. The Bertz CT molecular complexity index is 1050. The van der Waals surface area contributed by atoms with E-state index in [0.29, 0.717) is 11.0 Å². The van der Waals surface area contributed by atoms with Crippen LogP contribution in [0.1, 0.15) is 0 Å². The smallest absolute Gasteiger partial charge is 0.284 e. The van der Waals surface area contributed by atoms with Gasteiger partial charge >= 0.3 is 0 Å². The molecule has 6 nitrogen and oxygen atoms in total. The average Bonchev–Trinajstić information content (AvgIpc) is 3.40. The molecule has 4 aromatic rings. The van der Waals surface area contributed by atoms with Gasteiger partial charge in [-0.1, -0.05) is 53.9 Å². The average molecular weight is 409 g/mol. The van der Waals surface area contributed by atoms with Crippen molar-refractivity contribution in [3.63, 3.8) is 0 Å². The number of nitrogens with zero attached hydrogens (tertiary/aromatic N) is 2. The van der Waals surface area contributed by atoms with Crippen LogP contribution in [0.4, 0.5) is 5.69 Å². The molecule has 2 aromatic heterocycles. The monoisotopic (exact) mass is 409 g/mol. The highest BCUT2D eigenvalue weighted by molar-refractivity contribution is 8.00. The van der Waals surface area contributed by atoms with Crippen molar-refractivity contribution in [2.45, 2.75) is 15.0 Å². The first-order valence-corrected chi connectivity index (χ1v) is 10.2. The summed E-state index contributed by atoms with van der Waals surface area (Å²) >= 11 is 2.77. The van der Waals surface area contributed by atoms with E-state index in [9.17, 15) is 4.79 Å². The van der Waals surface area contributed by atoms with Gasteiger partial charge in [0.1, 0.15) is 0 Å². The Labute approximate surface area is 169 Å². The van der Waals surface area contributed by atoms with Crippen molar-refractivity contribution >= 4 is 35.1 Å². The molecule has 0 atom stereocenters. The molecular weight excluding hydrogens is 394 g/mol. The Balaban J connectivity index is 1.36. The van der Waals surface area contributed by atoms with Crippen molar-refractivity contribution in [2.75, 3.05) is 11.1 Å². The van der Waals surface area contributed by atoms with Gasteiger partial charge in [0.2, 0.25) is 5.91 Å². The van der Waals surface area contributed by atoms with Crippen LogP contribution in [0.3, 0.4) is 0 Å². The number of carbonyl (C=O) groups is 1. The zero-order chi connectivity index (χ0) is 19.2. The second-order valence-corrected chi connectivity index (χ2v) is 7.64. The fraction of sp³-hybridized carbons (Fsp3) is 0.0500. The summed E-state index contributed by atoms with van der Waals surface area (Å²) in [6.45, 7) is 0. The van der Waals surface area contributed by atoms with E-state index in [1.165, 1.54) is 18.0 Å². The summed E-state index contributed by atoms with van der Waals surface area (Å²) in [6, 6.07) is 21.2. The van der Waals surface area contributed by atoms with Crippen LogP contribution in [-0.4, -0.2) is 21.9 Å². The van der Waals surface area contributed by atoms with Crippen molar-refractivity contribution in [3.05, 3.63) is 73.0 Å². The number of rotatable bonds is 7. The van der Waals surface area contributed by atoms with Crippen molar-refractivity contribution in [1.82, 2.24) is 10.2 Å². The van der Waals surface area contributed by atoms with Gasteiger partial charge in [-0.2, -0.15) is 0 Å². The Hall–Kier alpha value is -2.97. The van der Waals surface area contributed by atoms with Gasteiger partial charge in [-0.15, -0.1) is 10.2 Å². The lowest BCUT2D eigenvalue weighted by atomic mass is 10.3. The highest BCUT2D eigenvalue weighted by Gasteiger charge is 2.14. The van der Waals surface area contributed by atoms with Gasteiger partial charge in [0.25, 0.3) is 11.1 Å². The molecule has 0 spiro atoms. The second kappa shape index (κ2) is 8.81. The zero-order valence-electron chi connectivity index (χ0n) is 14.6. The van der Waals surface area contributed by atoms with Gasteiger partial charge in [0, 0.05) is 9.79 Å². The highest BCUT2D eigenvalue weighted by Crippen LogP contribution is 2.33. The summed E-state index contributed by atoms with van der Waals surface area (Å²) < 4.78 is 10.7. The van der Waals surface area contributed by atoms with E-state index < -0.39 is 0 Å². The molecule has 0 aliphatic rings. The molecule has 28 heavy (non-hydrogen) atoms. The lowest BCUT2D eigenvalue weighted by molar-refractivity contribution is -0.113. The van der Waals surface area contributed by atoms with Crippen molar-refractivity contribution in [2.24, 2.45) is 0 Å². The molecule has 1 amide bonds. The number of aromatic nitrogens is 2. The normalized spacial score (nSPS) is 10.7. The fourth-order valence-electron chi connectivity index (χ4n) is 2.36. The van der Waals surface area contributed by atoms with Crippen molar-refractivity contribution < 1.29 is 13.6 Å². The molecule has 4 rings (SSSR count). The molecule has 140 valence electrons.